The molecule has 3 aromatic rings. The lowest BCUT2D eigenvalue weighted by Gasteiger charge is -2.33. The molecule has 2 heterocycles. The number of fused-ring (bicyclic) bond motifs is 1. The SMILES string of the molecule is COc1ccc2cc(C3CN(CCn4cncn4)CCO3)ccc2c1. The summed E-state index contributed by atoms with van der Waals surface area (Å²) in [5, 5.41) is 6.56. The standard InChI is InChI=1S/C19H22N4O2/c1-24-18-5-4-15-10-17(3-2-16(15)11-18)19-12-22(8-9-25-19)6-7-23-14-20-13-21-23/h2-5,10-11,13-14,19H,6-9,12H2,1H3. The van der Waals surface area contributed by atoms with Gasteiger partial charge in [0.25, 0.3) is 0 Å². The van der Waals surface area contributed by atoms with Gasteiger partial charge in [0.05, 0.1) is 26.4 Å². The molecule has 1 aliphatic rings. The van der Waals surface area contributed by atoms with Crippen molar-refractivity contribution in [3.05, 3.63) is 54.6 Å². The van der Waals surface area contributed by atoms with Crippen LogP contribution < -0.4 is 4.74 Å². The van der Waals surface area contributed by atoms with Crippen molar-refractivity contribution in [1.29, 1.82) is 0 Å². The summed E-state index contributed by atoms with van der Waals surface area (Å²) >= 11 is 0. The third-order valence-corrected chi connectivity index (χ3v) is 4.71. The molecule has 0 spiro atoms. The fourth-order valence-electron chi connectivity index (χ4n) is 3.27. The van der Waals surface area contributed by atoms with Gasteiger partial charge in [-0.25, -0.2) is 4.98 Å². The molecule has 6 heteroatoms. The highest BCUT2D eigenvalue weighted by atomic mass is 16.5. The highest BCUT2D eigenvalue weighted by Crippen LogP contribution is 2.27. The zero-order chi connectivity index (χ0) is 17.1. The van der Waals surface area contributed by atoms with Crippen LogP contribution in [0.2, 0.25) is 0 Å². The minimum Gasteiger partial charge on any atom is -0.497 e. The van der Waals surface area contributed by atoms with Crippen molar-refractivity contribution in [3.63, 3.8) is 0 Å². The van der Waals surface area contributed by atoms with Crippen LogP contribution in [0.15, 0.2) is 49.1 Å². The van der Waals surface area contributed by atoms with E-state index in [9.17, 15) is 0 Å². The molecule has 1 aromatic heterocycles. The van der Waals surface area contributed by atoms with Gasteiger partial charge in [-0.1, -0.05) is 18.2 Å². The number of nitrogens with zero attached hydrogens (tertiary/aromatic N) is 4. The first-order valence-corrected chi connectivity index (χ1v) is 8.56. The molecule has 1 unspecified atom stereocenters. The number of rotatable bonds is 5. The van der Waals surface area contributed by atoms with Gasteiger partial charge >= 0.3 is 0 Å². The zero-order valence-electron chi connectivity index (χ0n) is 14.3. The fourth-order valence-corrected chi connectivity index (χ4v) is 3.27. The molecule has 1 fully saturated rings. The lowest BCUT2D eigenvalue weighted by atomic mass is 10.0. The summed E-state index contributed by atoms with van der Waals surface area (Å²) in [7, 11) is 1.69. The molecule has 0 aliphatic carbocycles. The first-order chi connectivity index (χ1) is 12.3. The van der Waals surface area contributed by atoms with Crippen molar-refractivity contribution in [3.8, 4) is 5.75 Å². The average molecular weight is 338 g/mol. The van der Waals surface area contributed by atoms with E-state index in [1.54, 1.807) is 19.8 Å². The van der Waals surface area contributed by atoms with E-state index in [4.69, 9.17) is 9.47 Å². The largest absolute Gasteiger partial charge is 0.497 e. The Morgan fingerprint density at radius 2 is 2.04 bits per heavy atom. The molecule has 1 aliphatic heterocycles. The highest BCUT2D eigenvalue weighted by molar-refractivity contribution is 5.84. The van der Waals surface area contributed by atoms with Gasteiger partial charge in [0.15, 0.2) is 0 Å². The van der Waals surface area contributed by atoms with Gasteiger partial charge in [-0.3, -0.25) is 9.58 Å². The lowest BCUT2D eigenvalue weighted by Crippen LogP contribution is -2.40. The van der Waals surface area contributed by atoms with E-state index in [2.05, 4.69) is 45.3 Å². The Bertz CT molecular complexity index is 835. The van der Waals surface area contributed by atoms with E-state index in [0.29, 0.717) is 0 Å². The number of benzene rings is 2. The summed E-state index contributed by atoms with van der Waals surface area (Å²) in [6.07, 6.45) is 3.44. The Kier molecular flexibility index (Phi) is 4.63. The summed E-state index contributed by atoms with van der Waals surface area (Å²) < 4.78 is 13.2. The number of aromatic nitrogens is 3. The van der Waals surface area contributed by atoms with Crippen LogP contribution in [0.5, 0.6) is 5.75 Å². The molecule has 0 N–H and O–H groups in total. The van der Waals surface area contributed by atoms with Crippen LogP contribution in [0, 0.1) is 0 Å². The number of hydrogen-bond donors (Lipinski definition) is 0. The predicted octanol–water partition coefficient (Wildman–Crippen LogP) is 2.51. The molecule has 25 heavy (non-hydrogen) atoms. The summed E-state index contributed by atoms with van der Waals surface area (Å²) in [4.78, 5) is 6.41. The van der Waals surface area contributed by atoms with Gasteiger partial charge in [-0.15, -0.1) is 0 Å². The van der Waals surface area contributed by atoms with Gasteiger partial charge in [0, 0.05) is 19.6 Å². The topological polar surface area (TPSA) is 52.4 Å². The average Bonchev–Trinajstić information content (AvgIpc) is 3.19. The van der Waals surface area contributed by atoms with Crippen molar-refractivity contribution in [2.75, 3.05) is 33.4 Å². The number of ether oxygens (including phenoxy) is 2. The number of morpholine rings is 1. The van der Waals surface area contributed by atoms with Crippen LogP contribution in [0.25, 0.3) is 10.8 Å². The number of methoxy groups -OCH3 is 1. The van der Waals surface area contributed by atoms with E-state index in [1.807, 2.05) is 10.7 Å². The van der Waals surface area contributed by atoms with Gasteiger partial charge in [-0.05, 0) is 34.5 Å². The smallest absolute Gasteiger partial charge is 0.137 e. The Hall–Kier alpha value is -2.44. The maximum Gasteiger partial charge on any atom is 0.137 e. The van der Waals surface area contributed by atoms with Crippen molar-refractivity contribution in [2.45, 2.75) is 12.6 Å². The van der Waals surface area contributed by atoms with Crippen LogP contribution in [0.4, 0.5) is 0 Å². The van der Waals surface area contributed by atoms with Crippen molar-refractivity contribution >= 4 is 10.8 Å². The molecule has 1 saturated heterocycles. The normalized spacial score (nSPS) is 18.5. The van der Waals surface area contributed by atoms with Crippen molar-refractivity contribution in [1.82, 2.24) is 19.7 Å². The Morgan fingerprint density at radius 1 is 1.16 bits per heavy atom. The molecule has 4 rings (SSSR count). The van der Waals surface area contributed by atoms with Crippen molar-refractivity contribution < 1.29 is 9.47 Å². The Labute approximate surface area is 147 Å². The van der Waals surface area contributed by atoms with E-state index in [1.165, 1.54) is 16.3 Å². The van der Waals surface area contributed by atoms with E-state index in [0.717, 1.165) is 38.5 Å². The Morgan fingerprint density at radius 3 is 2.88 bits per heavy atom. The van der Waals surface area contributed by atoms with E-state index < -0.39 is 0 Å². The highest BCUT2D eigenvalue weighted by Gasteiger charge is 2.22. The predicted molar refractivity (Wildman–Crippen MR) is 95.7 cm³/mol. The van der Waals surface area contributed by atoms with Gasteiger partial charge in [-0.2, -0.15) is 5.10 Å². The minimum atomic E-state index is 0.107. The third kappa shape index (κ3) is 3.65. The second kappa shape index (κ2) is 7.21. The van der Waals surface area contributed by atoms with Crippen LogP contribution in [-0.2, 0) is 11.3 Å². The van der Waals surface area contributed by atoms with Crippen LogP contribution in [0.1, 0.15) is 11.7 Å². The van der Waals surface area contributed by atoms with E-state index in [-0.39, 0.29) is 6.10 Å². The Balaban J connectivity index is 1.46. The molecule has 0 saturated carbocycles. The van der Waals surface area contributed by atoms with Crippen molar-refractivity contribution in [2.24, 2.45) is 0 Å². The second-order valence-electron chi connectivity index (χ2n) is 6.29. The van der Waals surface area contributed by atoms with Crippen LogP contribution >= 0.6 is 0 Å². The lowest BCUT2D eigenvalue weighted by molar-refractivity contribution is -0.0310. The van der Waals surface area contributed by atoms with Crippen LogP contribution in [0.3, 0.4) is 0 Å². The summed E-state index contributed by atoms with van der Waals surface area (Å²) in [5.74, 6) is 0.883. The molecule has 0 amide bonds. The zero-order valence-corrected chi connectivity index (χ0v) is 14.3. The van der Waals surface area contributed by atoms with Gasteiger partial charge in [0.1, 0.15) is 18.4 Å². The van der Waals surface area contributed by atoms with Crippen LogP contribution in [-0.4, -0.2) is 53.0 Å². The first kappa shape index (κ1) is 16.1. The minimum absolute atomic E-state index is 0.107. The molecule has 1 atom stereocenters. The fraction of sp³-hybridized carbons (Fsp3) is 0.368. The van der Waals surface area contributed by atoms with Gasteiger partial charge in [0.2, 0.25) is 0 Å². The maximum atomic E-state index is 6.02. The molecule has 130 valence electrons. The number of hydrogen-bond acceptors (Lipinski definition) is 5. The third-order valence-electron chi connectivity index (χ3n) is 4.71. The molecule has 0 bridgehead atoms. The summed E-state index contributed by atoms with van der Waals surface area (Å²) in [6, 6.07) is 12.7. The first-order valence-electron chi connectivity index (χ1n) is 8.56. The second-order valence-corrected chi connectivity index (χ2v) is 6.29. The summed E-state index contributed by atoms with van der Waals surface area (Å²) in [6.45, 7) is 4.41. The van der Waals surface area contributed by atoms with Gasteiger partial charge < -0.3 is 9.47 Å². The maximum absolute atomic E-state index is 6.02. The molecular formula is C19H22N4O2. The molecule has 2 aromatic carbocycles. The molecule has 6 nitrogen and oxygen atoms in total. The monoisotopic (exact) mass is 338 g/mol. The van der Waals surface area contributed by atoms with E-state index >= 15 is 0 Å². The quantitative estimate of drug-likeness (QED) is 0.715. The molecular weight excluding hydrogens is 316 g/mol. The summed E-state index contributed by atoms with van der Waals surface area (Å²) in [5.41, 5.74) is 1.23. The molecule has 0 radical (unpaired) electrons.